The van der Waals surface area contributed by atoms with Gasteiger partial charge >= 0.3 is 0 Å². The number of piperidine rings is 1. The van der Waals surface area contributed by atoms with E-state index in [4.69, 9.17) is 0 Å². The summed E-state index contributed by atoms with van der Waals surface area (Å²) in [4.78, 5) is 14.0. The quantitative estimate of drug-likeness (QED) is 0.662. The van der Waals surface area contributed by atoms with Gasteiger partial charge in [-0.2, -0.15) is 0 Å². The van der Waals surface area contributed by atoms with Gasteiger partial charge in [-0.25, -0.2) is 0 Å². The van der Waals surface area contributed by atoms with Crippen molar-refractivity contribution in [3.8, 4) is 0 Å². The van der Waals surface area contributed by atoms with Gasteiger partial charge in [0.05, 0.1) is 0 Å². The minimum atomic E-state index is 0.168. The van der Waals surface area contributed by atoms with E-state index in [0.717, 1.165) is 19.4 Å². The number of carbonyl (C=O) groups is 1. The molecule has 84 valence electrons. The lowest BCUT2D eigenvalue weighted by Crippen LogP contribution is -2.46. The van der Waals surface area contributed by atoms with Crippen LogP contribution in [0.1, 0.15) is 39.5 Å². The molecule has 15 heavy (non-hydrogen) atoms. The van der Waals surface area contributed by atoms with Crippen LogP contribution in [0, 0.1) is 5.41 Å². The first-order chi connectivity index (χ1) is 7.02. The van der Waals surface area contributed by atoms with Gasteiger partial charge in [0.15, 0.2) is 0 Å². The van der Waals surface area contributed by atoms with Gasteiger partial charge in [0.25, 0.3) is 0 Å². The predicted molar refractivity (Wildman–Crippen MR) is 61.7 cm³/mol. The number of nitrogens with zero attached hydrogens (tertiary/aromatic N) is 1. The molecular weight excluding hydrogens is 186 g/mol. The van der Waals surface area contributed by atoms with Gasteiger partial charge in [0.2, 0.25) is 0 Å². The van der Waals surface area contributed by atoms with E-state index in [9.17, 15) is 4.79 Å². The summed E-state index contributed by atoms with van der Waals surface area (Å²) in [5, 5.41) is 0. The maximum absolute atomic E-state index is 11.5. The average Bonchev–Trinajstić information content (AvgIpc) is 2.42. The fourth-order valence-corrected chi connectivity index (χ4v) is 2.86. The predicted octanol–water partition coefficient (Wildman–Crippen LogP) is 2.39. The van der Waals surface area contributed by atoms with Gasteiger partial charge in [0.1, 0.15) is 5.78 Å². The molecule has 2 fully saturated rings. The number of fused-ring (bicyclic) bond motifs is 2. The van der Waals surface area contributed by atoms with E-state index in [0.29, 0.717) is 17.9 Å². The Hall–Kier alpha value is -0.630. The first-order valence-corrected chi connectivity index (χ1v) is 5.93. The monoisotopic (exact) mass is 207 g/mol. The van der Waals surface area contributed by atoms with Crippen molar-refractivity contribution in [2.75, 3.05) is 6.54 Å². The Bertz CT molecular complexity index is 266. The van der Waals surface area contributed by atoms with Crippen LogP contribution >= 0.6 is 0 Å². The third-order valence-electron chi connectivity index (χ3n) is 3.84. The minimum absolute atomic E-state index is 0.168. The number of carbonyl (C=O) groups excluding carboxylic acids is 1. The van der Waals surface area contributed by atoms with E-state index in [1.54, 1.807) is 0 Å². The number of ketones is 1. The summed E-state index contributed by atoms with van der Waals surface area (Å²) in [6.45, 7) is 9.38. The maximum Gasteiger partial charge on any atom is 0.136 e. The standard InChI is InChI=1S/C13H21NO/c1-4-13(2,3)9-14-10-5-6-11(14)8-12(15)7-10/h4,10-11H,1,5-9H2,2-3H3. The van der Waals surface area contributed by atoms with Gasteiger partial charge in [-0.1, -0.05) is 19.9 Å². The molecule has 0 aromatic heterocycles. The van der Waals surface area contributed by atoms with E-state index in [2.05, 4.69) is 25.3 Å². The van der Waals surface area contributed by atoms with Gasteiger partial charge in [-0.15, -0.1) is 6.58 Å². The lowest BCUT2D eigenvalue weighted by Gasteiger charge is -2.38. The maximum atomic E-state index is 11.5. The van der Waals surface area contributed by atoms with Crippen molar-refractivity contribution >= 4 is 5.78 Å². The van der Waals surface area contributed by atoms with Crippen molar-refractivity contribution < 1.29 is 4.79 Å². The molecule has 2 nitrogen and oxygen atoms in total. The second kappa shape index (κ2) is 3.75. The number of hydrogen-bond donors (Lipinski definition) is 0. The topological polar surface area (TPSA) is 20.3 Å². The highest BCUT2D eigenvalue weighted by molar-refractivity contribution is 5.80. The summed E-state index contributed by atoms with van der Waals surface area (Å²) in [7, 11) is 0. The molecule has 0 N–H and O–H groups in total. The molecule has 0 spiro atoms. The second-order valence-corrected chi connectivity index (χ2v) is 5.70. The van der Waals surface area contributed by atoms with Crippen LogP contribution < -0.4 is 0 Å². The molecular formula is C13H21NO. The van der Waals surface area contributed by atoms with Gasteiger partial charge in [-0.05, 0) is 18.3 Å². The molecule has 2 aliphatic heterocycles. The highest BCUT2D eigenvalue weighted by Gasteiger charge is 2.41. The summed E-state index contributed by atoms with van der Waals surface area (Å²) in [6.07, 6.45) is 6.02. The molecule has 2 atom stereocenters. The summed E-state index contributed by atoms with van der Waals surface area (Å²) < 4.78 is 0. The van der Waals surface area contributed by atoms with Crippen molar-refractivity contribution in [3.05, 3.63) is 12.7 Å². The summed E-state index contributed by atoms with van der Waals surface area (Å²) >= 11 is 0. The molecule has 0 aromatic carbocycles. The normalized spacial score (nSPS) is 32.0. The van der Waals surface area contributed by atoms with Gasteiger partial charge in [-0.3, -0.25) is 9.69 Å². The zero-order valence-corrected chi connectivity index (χ0v) is 9.83. The van der Waals surface area contributed by atoms with Crippen molar-refractivity contribution in [1.82, 2.24) is 4.90 Å². The van der Waals surface area contributed by atoms with Crippen LogP contribution in [0.5, 0.6) is 0 Å². The Morgan fingerprint density at radius 1 is 1.40 bits per heavy atom. The first-order valence-electron chi connectivity index (χ1n) is 5.93. The molecule has 0 aliphatic carbocycles. The zero-order valence-electron chi connectivity index (χ0n) is 9.83. The summed E-state index contributed by atoms with van der Waals surface area (Å²) in [6, 6.07) is 1.05. The van der Waals surface area contributed by atoms with Crippen LogP contribution in [0.4, 0.5) is 0 Å². The summed E-state index contributed by atoms with van der Waals surface area (Å²) in [5.41, 5.74) is 0.168. The minimum Gasteiger partial charge on any atom is -0.300 e. The smallest absolute Gasteiger partial charge is 0.136 e. The van der Waals surface area contributed by atoms with E-state index in [1.807, 2.05) is 6.08 Å². The highest BCUT2D eigenvalue weighted by atomic mass is 16.1. The van der Waals surface area contributed by atoms with Crippen LogP contribution in [0.2, 0.25) is 0 Å². The molecule has 2 unspecified atom stereocenters. The molecule has 2 heterocycles. The van der Waals surface area contributed by atoms with E-state index >= 15 is 0 Å². The van der Waals surface area contributed by atoms with Crippen LogP contribution in [0.3, 0.4) is 0 Å². The van der Waals surface area contributed by atoms with Gasteiger partial charge in [0, 0.05) is 31.5 Å². The molecule has 2 bridgehead atoms. The van der Waals surface area contributed by atoms with Crippen molar-refractivity contribution in [2.24, 2.45) is 5.41 Å². The first kappa shape index (κ1) is 10.9. The average molecular weight is 207 g/mol. The molecule has 2 heteroatoms. The van der Waals surface area contributed by atoms with Gasteiger partial charge < -0.3 is 0 Å². The lowest BCUT2D eigenvalue weighted by molar-refractivity contribution is -0.123. The number of rotatable bonds is 3. The Morgan fingerprint density at radius 2 is 1.93 bits per heavy atom. The molecule has 0 amide bonds. The van der Waals surface area contributed by atoms with Crippen LogP contribution in [-0.2, 0) is 4.79 Å². The highest BCUT2D eigenvalue weighted by Crippen LogP contribution is 2.36. The third-order valence-corrected chi connectivity index (χ3v) is 3.84. The van der Waals surface area contributed by atoms with Crippen molar-refractivity contribution in [2.45, 2.75) is 51.6 Å². The largest absolute Gasteiger partial charge is 0.300 e. The second-order valence-electron chi connectivity index (χ2n) is 5.70. The third kappa shape index (κ3) is 2.15. The summed E-state index contributed by atoms with van der Waals surface area (Å²) in [5.74, 6) is 0.468. The SMILES string of the molecule is C=CC(C)(C)CN1C2CCC1CC(=O)C2. The fourth-order valence-electron chi connectivity index (χ4n) is 2.86. The number of Topliss-reactive ketones (excluding diaryl/α,β-unsaturated/α-hetero) is 1. The Kier molecular flexibility index (Phi) is 2.72. The number of hydrogen-bond acceptors (Lipinski definition) is 2. The Morgan fingerprint density at radius 3 is 2.40 bits per heavy atom. The fraction of sp³-hybridized carbons (Fsp3) is 0.769. The molecule has 0 radical (unpaired) electrons. The molecule has 2 aliphatic rings. The lowest BCUT2D eigenvalue weighted by atomic mass is 9.90. The van der Waals surface area contributed by atoms with Crippen LogP contribution in [0.25, 0.3) is 0 Å². The zero-order chi connectivity index (χ0) is 11.1. The molecule has 2 saturated heterocycles. The Labute approximate surface area is 92.3 Å². The Balaban J connectivity index is 2.05. The van der Waals surface area contributed by atoms with E-state index < -0.39 is 0 Å². The van der Waals surface area contributed by atoms with Crippen molar-refractivity contribution in [3.63, 3.8) is 0 Å². The molecule has 0 saturated carbocycles. The van der Waals surface area contributed by atoms with E-state index in [1.165, 1.54) is 12.8 Å². The van der Waals surface area contributed by atoms with Crippen LogP contribution in [0.15, 0.2) is 12.7 Å². The van der Waals surface area contributed by atoms with Crippen molar-refractivity contribution in [1.29, 1.82) is 0 Å². The van der Waals surface area contributed by atoms with Crippen LogP contribution in [-0.4, -0.2) is 29.3 Å². The van der Waals surface area contributed by atoms with E-state index in [-0.39, 0.29) is 5.41 Å². The molecule has 0 aromatic rings. The molecule has 2 rings (SSSR count).